The minimum atomic E-state index is -0.917. The zero-order chi connectivity index (χ0) is 5.91. The molecule has 2 heteroatoms. The molecule has 7 heavy (non-hydrogen) atoms. The minimum absolute atomic E-state index is 0.628. The molecule has 0 aliphatic rings. The molecule has 0 aromatic heterocycles. The van der Waals surface area contributed by atoms with Crippen molar-refractivity contribution in [1.82, 2.24) is 0 Å². The third-order valence-electron chi connectivity index (χ3n) is 1.10. The number of hydrogen-bond donors (Lipinski definition) is 1. The van der Waals surface area contributed by atoms with Crippen molar-refractivity contribution < 1.29 is 9.84 Å². The van der Waals surface area contributed by atoms with Crippen LogP contribution in [0.25, 0.3) is 0 Å². The summed E-state index contributed by atoms with van der Waals surface area (Å²) in [6, 6.07) is 0. The Morgan fingerprint density at radius 1 is 1.71 bits per heavy atom. The van der Waals surface area contributed by atoms with Gasteiger partial charge in [0.2, 0.25) is 0 Å². The van der Waals surface area contributed by atoms with E-state index in [9.17, 15) is 0 Å². The highest BCUT2D eigenvalue weighted by Crippen LogP contribution is 2.06. The van der Waals surface area contributed by atoms with Gasteiger partial charge in [0.05, 0.1) is 0 Å². The predicted octanol–water partition coefficient (Wildman–Crippen LogP) is 0.751. The van der Waals surface area contributed by atoms with Crippen LogP contribution in [0.1, 0.15) is 20.3 Å². The van der Waals surface area contributed by atoms with Crippen molar-refractivity contribution >= 4 is 0 Å². The molecule has 0 heterocycles. The summed E-state index contributed by atoms with van der Waals surface area (Å²) in [5.41, 5.74) is 0. The average molecular weight is 104 g/mol. The number of methoxy groups -OCH3 is 1. The average Bonchev–Trinajstić information content (AvgIpc) is 1.68. The monoisotopic (exact) mass is 104 g/mol. The van der Waals surface area contributed by atoms with Crippen LogP contribution in [-0.4, -0.2) is 18.0 Å². The molecular formula is C5H12O2. The van der Waals surface area contributed by atoms with Crippen molar-refractivity contribution in [3.63, 3.8) is 0 Å². The Labute approximate surface area is 44.1 Å². The first-order valence-electron chi connectivity index (χ1n) is 2.40. The summed E-state index contributed by atoms with van der Waals surface area (Å²) < 4.78 is 4.64. The standard InChI is InChI=1S/C5H12O2/c1-4-5(2,6)7-3/h6H,4H2,1-3H3/t5-/m1/s1. The molecule has 0 saturated heterocycles. The molecule has 0 amide bonds. The smallest absolute Gasteiger partial charge is 0.161 e. The molecule has 2 nitrogen and oxygen atoms in total. The van der Waals surface area contributed by atoms with Gasteiger partial charge >= 0.3 is 0 Å². The topological polar surface area (TPSA) is 29.5 Å². The Kier molecular flexibility index (Phi) is 2.26. The number of ether oxygens (including phenoxy) is 1. The van der Waals surface area contributed by atoms with Gasteiger partial charge in [-0.2, -0.15) is 0 Å². The van der Waals surface area contributed by atoms with Crippen LogP contribution in [0.4, 0.5) is 0 Å². The molecular weight excluding hydrogens is 92.1 g/mol. The maximum atomic E-state index is 8.91. The fraction of sp³-hybridized carbons (Fsp3) is 1.00. The van der Waals surface area contributed by atoms with Crippen LogP contribution < -0.4 is 0 Å². The van der Waals surface area contributed by atoms with Gasteiger partial charge in [-0.15, -0.1) is 0 Å². The largest absolute Gasteiger partial charge is 0.366 e. The zero-order valence-electron chi connectivity index (χ0n) is 5.06. The van der Waals surface area contributed by atoms with Crippen LogP contribution in [0.2, 0.25) is 0 Å². The molecule has 0 aromatic rings. The van der Waals surface area contributed by atoms with E-state index in [-0.39, 0.29) is 0 Å². The van der Waals surface area contributed by atoms with Crippen molar-refractivity contribution in [2.75, 3.05) is 7.11 Å². The van der Waals surface area contributed by atoms with Crippen LogP contribution in [0, 0.1) is 0 Å². The van der Waals surface area contributed by atoms with Gasteiger partial charge in [0.1, 0.15) is 0 Å². The summed E-state index contributed by atoms with van der Waals surface area (Å²) in [7, 11) is 1.49. The summed E-state index contributed by atoms with van der Waals surface area (Å²) >= 11 is 0. The lowest BCUT2D eigenvalue weighted by atomic mass is 10.2. The van der Waals surface area contributed by atoms with Gasteiger partial charge in [-0.1, -0.05) is 6.92 Å². The van der Waals surface area contributed by atoms with Crippen molar-refractivity contribution in [3.05, 3.63) is 0 Å². The SMILES string of the molecule is CC[C@](C)(O)OC. The first kappa shape index (κ1) is 6.92. The van der Waals surface area contributed by atoms with Crippen molar-refractivity contribution in [2.24, 2.45) is 0 Å². The van der Waals surface area contributed by atoms with Gasteiger partial charge < -0.3 is 9.84 Å². The van der Waals surface area contributed by atoms with E-state index in [0.717, 1.165) is 0 Å². The normalized spacial score (nSPS) is 18.9. The fourth-order valence-electron chi connectivity index (χ4n) is 0.144. The van der Waals surface area contributed by atoms with Gasteiger partial charge in [-0.25, -0.2) is 0 Å². The van der Waals surface area contributed by atoms with Crippen molar-refractivity contribution in [2.45, 2.75) is 26.1 Å². The molecule has 1 atom stereocenters. The maximum Gasteiger partial charge on any atom is 0.161 e. The molecule has 0 aliphatic heterocycles. The second-order valence-corrected chi connectivity index (χ2v) is 1.73. The lowest BCUT2D eigenvalue weighted by Crippen LogP contribution is -2.24. The number of rotatable bonds is 2. The maximum absolute atomic E-state index is 8.91. The van der Waals surface area contributed by atoms with E-state index in [0.29, 0.717) is 6.42 Å². The molecule has 0 aromatic carbocycles. The summed E-state index contributed by atoms with van der Waals surface area (Å²) in [5.74, 6) is -0.917. The molecule has 0 fully saturated rings. The molecule has 0 saturated carbocycles. The zero-order valence-corrected chi connectivity index (χ0v) is 5.06. The van der Waals surface area contributed by atoms with Crippen LogP contribution in [-0.2, 0) is 4.74 Å². The van der Waals surface area contributed by atoms with E-state index in [1.54, 1.807) is 6.92 Å². The van der Waals surface area contributed by atoms with E-state index in [1.165, 1.54) is 7.11 Å². The van der Waals surface area contributed by atoms with E-state index in [4.69, 9.17) is 5.11 Å². The minimum Gasteiger partial charge on any atom is -0.366 e. The molecule has 44 valence electrons. The van der Waals surface area contributed by atoms with Crippen molar-refractivity contribution in [3.8, 4) is 0 Å². The predicted molar refractivity (Wildman–Crippen MR) is 27.9 cm³/mol. The molecule has 0 radical (unpaired) electrons. The van der Waals surface area contributed by atoms with E-state index in [2.05, 4.69) is 4.74 Å². The van der Waals surface area contributed by atoms with Crippen molar-refractivity contribution in [1.29, 1.82) is 0 Å². The van der Waals surface area contributed by atoms with Crippen LogP contribution in [0.3, 0.4) is 0 Å². The van der Waals surface area contributed by atoms with Gasteiger partial charge in [0.15, 0.2) is 5.79 Å². The first-order chi connectivity index (χ1) is 3.12. The van der Waals surface area contributed by atoms with Gasteiger partial charge in [-0.3, -0.25) is 0 Å². The van der Waals surface area contributed by atoms with E-state index < -0.39 is 5.79 Å². The van der Waals surface area contributed by atoms with Gasteiger partial charge in [0, 0.05) is 7.11 Å². The Hall–Kier alpha value is -0.0800. The number of hydrogen-bond acceptors (Lipinski definition) is 2. The molecule has 0 unspecified atom stereocenters. The third-order valence-corrected chi connectivity index (χ3v) is 1.10. The quantitative estimate of drug-likeness (QED) is 0.524. The Bertz CT molecular complexity index is 44.0. The second-order valence-electron chi connectivity index (χ2n) is 1.73. The Morgan fingerprint density at radius 3 is 2.14 bits per heavy atom. The summed E-state index contributed by atoms with van der Waals surface area (Å²) in [6.07, 6.45) is 0.628. The lowest BCUT2D eigenvalue weighted by molar-refractivity contribution is -0.171. The Balaban J connectivity index is 3.36. The van der Waals surface area contributed by atoms with E-state index in [1.807, 2.05) is 6.92 Å². The molecule has 0 spiro atoms. The van der Waals surface area contributed by atoms with Crippen LogP contribution >= 0.6 is 0 Å². The van der Waals surface area contributed by atoms with E-state index >= 15 is 0 Å². The summed E-state index contributed by atoms with van der Waals surface area (Å²) in [6.45, 7) is 3.50. The van der Waals surface area contributed by atoms with Crippen LogP contribution in [0.5, 0.6) is 0 Å². The third kappa shape index (κ3) is 2.60. The van der Waals surface area contributed by atoms with Gasteiger partial charge in [0.25, 0.3) is 0 Å². The van der Waals surface area contributed by atoms with Crippen LogP contribution in [0.15, 0.2) is 0 Å². The van der Waals surface area contributed by atoms with Gasteiger partial charge in [-0.05, 0) is 13.3 Å². The highest BCUT2D eigenvalue weighted by atomic mass is 16.6. The second kappa shape index (κ2) is 2.28. The fourth-order valence-corrected chi connectivity index (χ4v) is 0.144. The Morgan fingerprint density at radius 2 is 2.14 bits per heavy atom. The number of aliphatic hydroxyl groups is 1. The summed E-state index contributed by atoms with van der Waals surface area (Å²) in [4.78, 5) is 0. The highest BCUT2D eigenvalue weighted by molar-refractivity contribution is 4.51. The lowest BCUT2D eigenvalue weighted by Gasteiger charge is -2.17. The summed E-state index contributed by atoms with van der Waals surface area (Å²) in [5, 5.41) is 8.91. The highest BCUT2D eigenvalue weighted by Gasteiger charge is 2.13. The molecule has 0 bridgehead atoms. The molecule has 0 rings (SSSR count). The first-order valence-corrected chi connectivity index (χ1v) is 2.40. The molecule has 0 aliphatic carbocycles. The molecule has 1 N–H and O–H groups in total.